The largest absolute Gasteiger partial charge is 0.508 e. The number of aliphatic carboxylic acids is 1. The molecule has 1 aromatic carbocycles. The van der Waals surface area contributed by atoms with Crippen molar-refractivity contribution in [1.82, 2.24) is 0 Å². The van der Waals surface area contributed by atoms with Crippen LogP contribution in [0.3, 0.4) is 0 Å². The van der Waals surface area contributed by atoms with Gasteiger partial charge in [-0.2, -0.15) is 0 Å². The van der Waals surface area contributed by atoms with E-state index >= 15 is 0 Å². The van der Waals surface area contributed by atoms with Gasteiger partial charge in [0.05, 0.1) is 11.8 Å². The summed E-state index contributed by atoms with van der Waals surface area (Å²) < 4.78 is 0. The number of phenolic OH excluding ortho intramolecular Hbond substituents is 1. The van der Waals surface area contributed by atoms with Crippen LogP contribution in [0.4, 0.5) is 5.69 Å². The van der Waals surface area contributed by atoms with E-state index in [1.54, 1.807) is 19.1 Å². The standard InChI is InChI=1S/C16H21NO4/c1-3-10-7-12(13(8-10)16(20)21)15(19)17-11-4-5-14(18)9(2)6-11/h4-6,10,12-13,18H,3,7-8H2,1-2H3,(H,17,19)(H,20,21). The van der Waals surface area contributed by atoms with Gasteiger partial charge in [-0.05, 0) is 49.4 Å². The van der Waals surface area contributed by atoms with Gasteiger partial charge in [0.2, 0.25) is 5.91 Å². The lowest BCUT2D eigenvalue weighted by atomic mass is 9.95. The molecule has 0 saturated heterocycles. The Morgan fingerprint density at radius 3 is 2.52 bits per heavy atom. The van der Waals surface area contributed by atoms with E-state index in [0.29, 0.717) is 30.0 Å². The summed E-state index contributed by atoms with van der Waals surface area (Å²) in [5.74, 6) is -1.77. The molecule has 1 aliphatic carbocycles. The Morgan fingerprint density at radius 1 is 1.29 bits per heavy atom. The molecule has 1 aromatic rings. The van der Waals surface area contributed by atoms with E-state index in [0.717, 1.165) is 6.42 Å². The minimum Gasteiger partial charge on any atom is -0.508 e. The lowest BCUT2D eigenvalue weighted by Gasteiger charge is -2.16. The van der Waals surface area contributed by atoms with E-state index in [1.807, 2.05) is 6.92 Å². The molecular formula is C16H21NO4. The molecular weight excluding hydrogens is 270 g/mol. The van der Waals surface area contributed by atoms with Crippen molar-refractivity contribution in [2.75, 3.05) is 5.32 Å². The number of hydrogen-bond donors (Lipinski definition) is 3. The van der Waals surface area contributed by atoms with Crippen molar-refractivity contribution in [2.24, 2.45) is 17.8 Å². The number of carboxylic acid groups (broad SMARTS) is 1. The van der Waals surface area contributed by atoms with Gasteiger partial charge in [0, 0.05) is 5.69 Å². The Kier molecular flexibility index (Phi) is 4.50. The van der Waals surface area contributed by atoms with Crippen LogP contribution in [0.5, 0.6) is 5.75 Å². The third-order valence-corrected chi connectivity index (χ3v) is 4.36. The van der Waals surface area contributed by atoms with Gasteiger partial charge in [-0.3, -0.25) is 9.59 Å². The molecule has 3 unspecified atom stereocenters. The van der Waals surface area contributed by atoms with Gasteiger partial charge >= 0.3 is 5.97 Å². The lowest BCUT2D eigenvalue weighted by Crippen LogP contribution is -2.30. The molecule has 0 bridgehead atoms. The summed E-state index contributed by atoms with van der Waals surface area (Å²) >= 11 is 0. The summed E-state index contributed by atoms with van der Waals surface area (Å²) in [6.45, 7) is 3.76. The topological polar surface area (TPSA) is 86.6 Å². The molecule has 3 atom stereocenters. The van der Waals surface area contributed by atoms with Crippen molar-refractivity contribution >= 4 is 17.6 Å². The Morgan fingerprint density at radius 2 is 1.95 bits per heavy atom. The van der Waals surface area contributed by atoms with Gasteiger partial charge in [0.25, 0.3) is 0 Å². The van der Waals surface area contributed by atoms with Gasteiger partial charge in [0.15, 0.2) is 0 Å². The van der Waals surface area contributed by atoms with Crippen LogP contribution in [0.15, 0.2) is 18.2 Å². The average molecular weight is 291 g/mol. The third kappa shape index (κ3) is 3.35. The molecule has 114 valence electrons. The quantitative estimate of drug-likeness (QED) is 0.744. The van der Waals surface area contributed by atoms with Crippen LogP contribution in [0.25, 0.3) is 0 Å². The SMILES string of the molecule is CCC1CC(C(=O)O)C(C(=O)Nc2ccc(O)c(C)c2)C1. The van der Waals surface area contributed by atoms with E-state index in [2.05, 4.69) is 5.32 Å². The van der Waals surface area contributed by atoms with Crippen LogP contribution in [-0.4, -0.2) is 22.1 Å². The maximum Gasteiger partial charge on any atom is 0.307 e. The smallest absolute Gasteiger partial charge is 0.307 e. The molecule has 0 spiro atoms. The predicted molar refractivity (Wildman–Crippen MR) is 79.1 cm³/mol. The van der Waals surface area contributed by atoms with Crippen LogP contribution in [-0.2, 0) is 9.59 Å². The summed E-state index contributed by atoms with van der Waals surface area (Å²) in [5.41, 5.74) is 1.25. The second kappa shape index (κ2) is 6.16. The van der Waals surface area contributed by atoms with E-state index < -0.39 is 17.8 Å². The van der Waals surface area contributed by atoms with E-state index in [4.69, 9.17) is 0 Å². The number of carboxylic acids is 1. The number of benzene rings is 1. The Labute approximate surface area is 124 Å². The van der Waals surface area contributed by atoms with Crippen LogP contribution in [0, 0.1) is 24.7 Å². The average Bonchev–Trinajstić information content (AvgIpc) is 2.87. The maximum absolute atomic E-state index is 12.4. The van der Waals surface area contributed by atoms with E-state index in [-0.39, 0.29) is 11.7 Å². The molecule has 0 aromatic heterocycles. The second-order valence-corrected chi connectivity index (χ2v) is 5.79. The van der Waals surface area contributed by atoms with Crippen LogP contribution >= 0.6 is 0 Å². The molecule has 3 N–H and O–H groups in total. The highest BCUT2D eigenvalue weighted by Gasteiger charge is 2.42. The minimum atomic E-state index is -0.895. The summed E-state index contributed by atoms with van der Waals surface area (Å²) in [6, 6.07) is 4.81. The van der Waals surface area contributed by atoms with Crippen molar-refractivity contribution < 1.29 is 19.8 Å². The first kappa shape index (κ1) is 15.4. The summed E-state index contributed by atoms with van der Waals surface area (Å²) in [4.78, 5) is 23.7. The monoisotopic (exact) mass is 291 g/mol. The number of phenols is 1. The summed E-state index contributed by atoms with van der Waals surface area (Å²) in [5, 5.41) is 21.5. The maximum atomic E-state index is 12.4. The second-order valence-electron chi connectivity index (χ2n) is 5.79. The van der Waals surface area contributed by atoms with Crippen molar-refractivity contribution in [3.05, 3.63) is 23.8 Å². The Bertz CT molecular complexity index is 555. The fraction of sp³-hybridized carbons (Fsp3) is 0.500. The van der Waals surface area contributed by atoms with E-state index in [9.17, 15) is 19.8 Å². The molecule has 21 heavy (non-hydrogen) atoms. The molecule has 0 aliphatic heterocycles. The van der Waals surface area contributed by atoms with Crippen molar-refractivity contribution in [3.8, 4) is 5.75 Å². The van der Waals surface area contributed by atoms with Gasteiger partial charge in [0.1, 0.15) is 5.75 Å². The molecule has 1 aliphatic rings. The Hall–Kier alpha value is -2.04. The molecule has 1 saturated carbocycles. The Balaban J connectivity index is 2.11. The number of aryl methyl sites for hydroxylation is 1. The van der Waals surface area contributed by atoms with Crippen molar-refractivity contribution in [2.45, 2.75) is 33.1 Å². The van der Waals surface area contributed by atoms with Crippen LogP contribution in [0.1, 0.15) is 31.7 Å². The highest BCUT2D eigenvalue weighted by Crippen LogP contribution is 2.39. The first-order valence-corrected chi connectivity index (χ1v) is 7.25. The highest BCUT2D eigenvalue weighted by molar-refractivity contribution is 5.95. The minimum absolute atomic E-state index is 0.170. The number of anilines is 1. The molecule has 2 rings (SSSR count). The lowest BCUT2D eigenvalue weighted by molar-refractivity contribution is -0.145. The first-order valence-electron chi connectivity index (χ1n) is 7.25. The zero-order valence-electron chi connectivity index (χ0n) is 12.3. The number of amides is 1. The third-order valence-electron chi connectivity index (χ3n) is 4.36. The van der Waals surface area contributed by atoms with Gasteiger partial charge in [-0.25, -0.2) is 0 Å². The summed E-state index contributed by atoms with van der Waals surface area (Å²) in [6.07, 6.45) is 2.08. The molecule has 0 radical (unpaired) electrons. The molecule has 1 fully saturated rings. The summed E-state index contributed by atoms with van der Waals surface area (Å²) in [7, 11) is 0. The normalized spacial score (nSPS) is 24.8. The number of nitrogens with one attached hydrogen (secondary N) is 1. The van der Waals surface area contributed by atoms with Crippen molar-refractivity contribution in [3.63, 3.8) is 0 Å². The molecule has 0 heterocycles. The predicted octanol–water partition coefficient (Wildman–Crippen LogP) is 2.78. The fourth-order valence-corrected chi connectivity index (χ4v) is 3.01. The van der Waals surface area contributed by atoms with Crippen molar-refractivity contribution in [1.29, 1.82) is 0 Å². The molecule has 1 amide bonds. The zero-order chi connectivity index (χ0) is 15.6. The first-order chi connectivity index (χ1) is 9.92. The number of aromatic hydroxyl groups is 1. The van der Waals surface area contributed by atoms with Gasteiger partial charge in [-0.15, -0.1) is 0 Å². The van der Waals surface area contributed by atoms with Gasteiger partial charge in [-0.1, -0.05) is 13.3 Å². The number of carbonyl (C=O) groups excluding carboxylic acids is 1. The number of carbonyl (C=O) groups is 2. The van der Waals surface area contributed by atoms with Crippen LogP contribution in [0.2, 0.25) is 0 Å². The van der Waals surface area contributed by atoms with Crippen LogP contribution < -0.4 is 5.32 Å². The van der Waals surface area contributed by atoms with E-state index in [1.165, 1.54) is 6.07 Å². The molecule has 5 nitrogen and oxygen atoms in total. The fourth-order valence-electron chi connectivity index (χ4n) is 3.01. The number of hydrogen-bond acceptors (Lipinski definition) is 3. The van der Waals surface area contributed by atoms with Gasteiger partial charge < -0.3 is 15.5 Å². The molecule has 5 heteroatoms. The highest BCUT2D eigenvalue weighted by atomic mass is 16.4. The zero-order valence-corrected chi connectivity index (χ0v) is 12.3. The number of rotatable bonds is 4.